The van der Waals surface area contributed by atoms with Gasteiger partial charge in [0.1, 0.15) is 6.09 Å². The average Bonchev–Trinajstić information content (AvgIpc) is 2.30. The van der Waals surface area contributed by atoms with E-state index in [1.54, 1.807) is 30.3 Å². The molecule has 3 heteroatoms. The van der Waals surface area contributed by atoms with E-state index in [0.717, 1.165) is 10.5 Å². The molecular formula is C14H12NO2-. The van der Waals surface area contributed by atoms with E-state index in [4.69, 9.17) is 0 Å². The molecule has 17 heavy (non-hydrogen) atoms. The third-order valence-corrected chi connectivity index (χ3v) is 2.46. The first-order chi connectivity index (χ1) is 8.18. The van der Waals surface area contributed by atoms with Crippen LogP contribution in [0.3, 0.4) is 0 Å². The van der Waals surface area contributed by atoms with E-state index in [2.05, 4.69) is 0 Å². The summed E-state index contributed by atoms with van der Waals surface area (Å²) < 4.78 is 0. The van der Waals surface area contributed by atoms with E-state index in [0.29, 0.717) is 11.4 Å². The average molecular weight is 226 g/mol. The predicted octanol–water partition coefficient (Wildman–Crippen LogP) is 2.48. The molecule has 0 aliphatic heterocycles. The summed E-state index contributed by atoms with van der Waals surface area (Å²) in [4.78, 5) is 12.4. The SMILES string of the molecule is Cc1cccc(N(C(=O)[O-])c2ccccc2)c1. The highest BCUT2D eigenvalue weighted by molar-refractivity contribution is 5.93. The van der Waals surface area contributed by atoms with Crippen LogP contribution in [0, 0.1) is 6.92 Å². The van der Waals surface area contributed by atoms with E-state index in [1.165, 1.54) is 0 Å². The zero-order valence-corrected chi connectivity index (χ0v) is 9.46. The van der Waals surface area contributed by atoms with Gasteiger partial charge in [0.2, 0.25) is 0 Å². The van der Waals surface area contributed by atoms with Crippen molar-refractivity contribution < 1.29 is 9.90 Å². The predicted molar refractivity (Wildman–Crippen MR) is 65.2 cm³/mol. The number of benzene rings is 2. The maximum absolute atomic E-state index is 11.2. The fourth-order valence-electron chi connectivity index (χ4n) is 1.70. The van der Waals surface area contributed by atoms with Crippen molar-refractivity contribution in [3.8, 4) is 0 Å². The van der Waals surface area contributed by atoms with Crippen molar-refractivity contribution in [1.29, 1.82) is 0 Å². The van der Waals surface area contributed by atoms with Gasteiger partial charge in [0, 0.05) is 11.4 Å². The van der Waals surface area contributed by atoms with E-state index >= 15 is 0 Å². The molecule has 3 nitrogen and oxygen atoms in total. The number of anilines is 2. The van der Waals surface area contributed by atoms with Crippen LogP contribution in [-0.4, -0.2) is 6.09 Å². The lowest BCUT2D eigenvalue weighted by molar-refractivity contribution is -0.245. The summed E-state index contributed by atoms with van der Waals surface area (Å²) in [6.07, 6.45) is -1.23. The van der Waals surface area contributed by atoms with Crippen molar-refractivity contribution >= 4 is 17.5 Å². The number of hydrogen-bond acceptors (Lipinski definition) is 2. The molecule has 0 saturated carbocycles. The van der Waals surface area contributed by atoms with Crippen molar-refractivity contribution in [2.45, 2.75) is 6.92 Å². The quantitative estimate of drug-likeness (QED) is 0.789. The highest BCUT2D eigenvalue weighted by Gasteiger charge is 2.09. The molecule has 2 aromatic carbocycles. The first kappa shape index (κ1) is 11.2. The monoisotopic (exact) mass is 226 g/mol. The lowest BCUT2D eigenvalue weighted by Gasteiger charge is -2.25. The van der Waals surface area contributed by atoms with Gasteiger partial charge in [-0.3, -0.25) is 4.90 Å². The third-order valence-electron chi connectivity index (χ3n) is 2.46. The fraction of sp³-hybridized carbons (Fsp3) is 0.0714. The van der Waals surface area contributed by atoms with E-state index < -0.39 is 6.09 Å². The first-order valence-electron chi connectivity index (χ1n) is 5.31. The lowest BCUT2D eigenvalue weighted by atomic mass is 10.2. The van der Waals surface area contributed by atoms with Crippen LogP contribution >= 0.6 is 0 Å². The Morgan fingerprint density at radius 3 is 2.24 bits per heavy atom. The van der Waals surface area contributed by atoms with Gasteiger partial charge >= 0.3 is 0 Å². The van der Waals surface area contributed by atoms with Crippen LogP contribution in [0.1, 0.15) is 5.56 Å². The summed E-state index contributed by atoms with van der Waals surface area (Å²) in [7, 11) is 0. The second-order valence-electron chi connectivity index (χ2n) is 3.78. The summed E-state index contributed by atoms with van der Waals surface area (Å²) in [5, 5.41) is 11.2. The van der Waals surface area contributed by atoms with Crippen molar-refractivity contribution in [3.63, 3.8) is 0 Å². The number of para-hydroxylation sites is 1. The highest BCUT2D eigenvalue weighted by Crippen LogP contribution is 2.25. The van der Waals surface area contributed by atoms with Crippen LogP contribution in [0.15, 0.2) is 54.6 Å². The van der Waals surface area contributed by atoms with Crippen LogP contribution in [-0.2, 0) is 0 Å². The van der Waals surface area contributed by atoms with Crippen LogP contribution in [0.5, 0.6) is 0 Å². The zero-order valence-electron chi connectivity index (χ0n) is 9.46. The Morgan fingerprint density at radius 1 is 1.00 bits per heavy atom. The van der Waals surface area contributed by atoms with Crippen molar-refractivity contribution in [2.75, 3.05) is 4.90 Å². The first-order valence-corrected chi connectivity index (χ1v) is 5.31. The van der Waals surface area contributed by atoms with Gasteiger partial charge in [-0.1, -0.05) is 30.3 Å². The van der Waals surface area contributed by atoms with Crippen molar-refractivity contribution in [1.82, 2.24) is 0 Å². The van der Waals surface area contributed by atoms with Crippen LogP contribution in [0.25, 0.3) is 0 Å². The van der Waals surface area contributed by atoms with Gasteiger partial charge in [0.05, 0.1) is 0 Å². The van der Waals surface area contributed by atoms with Crippen LogP contribution in [0.2, 0.25) is 0 Å². The summed E-state index contributed by atoms with van der Waals surface area (Å²) in [6.45, 7) is 1.92. The summed E-state index contributed by atoms with van der Waals surface area (Å²) in [5.74, 6) is 0. The van der Waals surface area contributed by atoms with Crippen molar-refractivity contribution in [3.05, 3.63) is 60.2 Å². The highest BCUT2D eigenvalue weighted by atomic mass is 16.4. The molecule has 0 aliphatic rings. The Morgan fingerprint density at radius 2 is 1.65 bits per heavy atom. The molecule has 0 unspecified atom stereocenters. The second-order valence-corrected chi connectivity index (χ2v) is 3.78. The van der Waals surface area contributed by atoms with Gasteiger partial charge in [-0.2, -0.15) is 0 Å². The van der Waals surface area contributed by atoms with Crippen molar-refractivity contribution in [2.24, 2.45) is 0 Å². The van der Waals surface area contributed by atoms with E-state index in [-0.39, 0.29) is 0 Å². The number of hydrogen-bond donors (Lipinski definition) is 0. The maximum Gasteiger partial charge on any atom is 0.146 e. The van der Waals surface area contributed by atoms with Crippen LogP contribution < -0.4 is 10.0 Å². The molecule has 0 spiro atoms. The lowest BCUT2D eigenvalue weighted by Crippen LogP contribution is -2.37. The molecule has 0 fully saturated rings. The zero-order chi connectivity index (χ0) is 12.3. The Bertz CT molecular complexity index is 523. The third kappa shape index (κ3) is 2.45. The number of rotatable bonds is 2. The molecule has 0 saturated heterocycles. The Balaban J connectivity index is 2.47. The standard InChI is InChI=1S/C14H13NO2/c1-11-6-5-9-13(10-11)15(14(16)17)12-7-3-2-4-8-12/h2-10H,1H3,(H,16,17)/p-1. The number of carbonyl (C=O) groups is 1. The van der Waals surface area contributed by atoms with Gasteiger partial charge in [-0.15, -0.1) is 0 Å². The van der Waals surface area contributed by atoms with Gasteiger partial charge in [-0.05, 0) is 36.8 Å². The number of carbonyl (C=O) groups excluding carboxylic acids is 1. The Hall–Kier alpha value is -2.29. The van der Waals surface area contributed by atoms with Gasteiger partial charge in [-0.25, -0.2) is 0 Å². The molecule has 0 radical (unpaired) electrons. The fourth-order valence-corrected chi connectivity index (χ4v) is 1.70. The largest absolute Gasteiger partial charge is 0.529 e. The summed E-state index contributed by atoms with van der Waals surface area (Å²) in [5.41, 5.74) is 2.18. The molecule has 0 bridgehead atoms. The second kappa shape index (κ2) is 4.70. The van der Waals surface area contributed by atoms with Gasteiger partial charge in [0.25, 0.3) is 0 Å². The number of carboxylic acid groups (broad SMARTS) is 1. The number of aryl methyl sites for hydroxylation is 1. The normalized spacial score (nSPS) is 9.94. The smallest absolute Gasteiger partial charge is 0.146 e. The molecule has 0 heterocycles. The Kier molecular flexibility index (Phi) is 3.10. The minimum absolute atomic E-state index is 0.582. The molecular weight excluding hydrogens is 214 g/mol. The van der Waals surface area contributed by atoms with E-state index in [9.17, 15) is 9.90 Å². The molecule has 0 aliphatic carbocycles. The molecule has 0 atom stereocenters. The van der Waals surface area contributed by atoms with E-state index in [1.807, 2.05) is 31.2 Å². The topological polar surface area (TPSA) is 43.4 Å². The maximum atomic E-state index is 11.2. The Labute approximate surface area is 99.9 Å². The minimum Gasteiger partial charge on any atom is -0.529 e. The summed E-state index contributed by atoms with van der Waals surface area (Å²) >= 11 is 0. The molecule has 86 valence electrons. The summed E-state index contributed by atoms with van der Waals surface area (Å²) in [6, 6.07) is 16.2. The van der Waals surface area contributed by atoms with Gasteiger partial charge < -0.3 is 9.90 Å². The molecule has 1 amide bonds. The number of amides is 1. The minimum atomic E-state index is -1.23. The molecule has 2 rings (SSSR count). The molecule has 0 aromatic heterocycles. The molecule has 0 N–H and O–H groups in total. The number of nitrogens with zero attached hydrogens (tertiary/aromatic N) is 1. The van der Waals surface area contributed by atoms with Crippen LogP contribution in [0.4, 0.5) is 16.2 Å². The molecule has 2 aromatic rings. The van der Waals surface area contributed by atoms with Gasteiger partial charge in [0.15, 0.2) is 0 Å².